The highest BCUT2D eigenvalue weighted by Crippen LogP contribution is 2.12. The Balaban J connectivity index is 3.68. The number of carbonyl (C=O) groups is 1. The summed E-state index contributed by atoms with van der Waals surface area (Å²) in [4.78, 5) is 11.5. The maximum Gasteiger partial charge on any atom is 0.407 e. The first kappa shape index (κ1) is 19.2. The summed E-state index contributed by atoms with van der Waals surface area (Å²) >= 11 is 0. The predicted octanol–water partition coefficient (Wildman–Crippen LogP) is 3.87. The third-order valence-electron chi connectivity index (χ3n) is 3.16. The number of aliphatic hydroxyl groups is 1. The van der Waals surface area contributed by atoms with Crippen LogP contribution in [0.2, 0.25) is 0 Å². The van der Waals surface area contributed by atoms with E-state index in [0.29, 0.717) is 6.54 Å². The van der Waals surface area contributed by atoms with Crippen LogP contribution in [0.1, 0.15) is 72.6 Å². The molecule has 0 rings (SSSR count). The standard InChI is InChI=1S/C16H33NO3/c1-5-6-7-8-9-10-11-14(13-18)12-17-15(19)20-16(2,3)4/h14,18H,5-13H2,1-4H3,(H,17,19)/t14-/m1/s1. The number of ether oxygens (including phenoxy) is 1. The van der Waals surface area contributed by atoms with Gasteiger partial charge in [-0.15, -0.1) is 0 Å². The van der Waals surface area contributed by atoms with Crippen molar-refractivity contribution < 1.29 is 14.6 Å². The zero-order chi connectivity index (χ0) is 15.4. The van der Waals surface area contributed by atoms with Gasteiger partial charge in [-0.2, -0.15) is 0 Å². The lowest BCUT2D eigenvalue weighted by Crippen LogP contribution is -2.36. The Morgan fingerprint density at radius 3 is 2.30 bits per heavy atom. The molecule has 0 fully saturated rings. The fraction of sp³-hybridized carbons (Fsp3) is 0.938. The second kappa shape index (κ2) is 11.0. The molecular weight excluding hydrogens is 254 g/mol. The Hall–Kier alpha value is -0.770. The first-order chi connectivity index (χ1) is 9.39. The molecule has 1 amide bonds. The SMILES string of the molecule is CCCCCCCC[C@@H](CO)CNC(=O)OC(C)(C)C. The average molecular weight is 287 g/mol. The molecule has 0 spiro atoms. The fourth-order valence-electron chi connectivity index (χ4n) is 2.01. The Morgan fingerprint density at radius 1 is 1.15 bits per heavy atom. The lowest BCUT2D eigenvalue weighted by Gasteiger charge is -2.21. The van der Waals surface area contributed by atoms with Crippen molar-refractivity contribution in [2.24, 2.45) is 5.92 Å². The molecule has 0 aromatic carbocycles. The number of rotatable bonds is 10. The molecule has 0 radical (unpaired) electrons. The van der Waals surface area contributed by atoms with Crippen molar-refractivity contribution >= 4 is 6.09 Å². The van der Waals surface area contributed by atoms with Crippen LogP contribution in [0.15, 0.2) is 0 Å². The molecule has 1 atom stereocenters. The molecule has 0 bridgehead atoms. The first-order valence-electron chi connectivity index (χ1n) is 7.96. The van der Waals surface area contributed by atoms with Crippen molar-refractivity contribution in [1.29, 1.82) is 0 Å². The van der Waals surface area contributed by atoms with Gasteiger partial charge >= 0.3 is 6.09 Å². The van der Waals surface area contributed by atoms with Gasteiger partial charge in [-0.3, -0.25) is 0 Å². The molecule has 120 valence electrons. The van der Waals surface area contributed by atoms with Crippen LogP contribution < -0.4 is 5.32 Å². The van der Waals surface area contributed by atoms with Crippen molar-refractivity contribution in [3.05, 3.63) is 0 Å². The molecule has 0 aromatic rings. The molecule has 0 aromatic heterocycles. The summed E-state index contributed by atoms with van der Waals surface area (Å²) in [6, 6.07) is 0. The smallest absolute Gasteiger partial charge is 0.407 e. The molecular formula is C16H33NO3. The molecule has 0 saturated carbocycles. The van der Waals surface area contributed by atoms with Crippen LogP contribution in [0.4, 0.5) is 4.79 Å². The third kappa shape index (κ3) is 12.3. The van der Waals surface area contributed by atoms with Gasteiger partial charge in [0.05, 0.1) is 0 Å². The fourth-order valence-corrected chi connectivity index (χ4v) is 2.01. The molecule has 0 aliphatic heterocycles. The van der Waals surface area contributed by atoms with Gasteiger partial charge in [0.15, 0.2) is 0 Å². The monoisotopic (exact) mass is 287 g/mol. The van der Waals surface area contributed by atoms with E-state index < -0.39 is 11.7 Å². The quantitative estimate of drug-likeness (QED) is 0.600. The van der Waals surface area contributed by atoms with Crippen molar-refractivity contribution in [3.8, 4) is 0 Å². The van der Waals surface area contributed by atoms with E-state index in [9.17, 15) is 9.90 Å². The van der Waals surface area contributed by atoms with E-state index in [1.807, 2.05) is 20.8 Å². The summed E-state index contributed by atoms with van der Waals surface area (Å²) in [5.74, 6) is 0.133. The van der Waals surface area contributed by atoms with Crippen LogP contribution in [-0.2, 0) is 4.74 Å². The van der Waals surface area contributed by atoms with Gasteiger partial charge in [0.1, 0.15) is 5.60 Å². The van der Waals surface area contributed by atoms with Crippen LogP contribution in [-0.4, -0.2) is 30.0 Å². The van der Waals surface area contributed by atoms with Crippen molar-refractivity contribution in [2.45, 2.75) is 78.2 Å². The molecule has 0 saturated heterocycles. The van der Waals surface area contributed by atoms with Gasteiger partial charge in [0, 0.05) is 13.2 Å². The van der Waals surface area contributed by atoms with Gasteiger partial charge < -0.3 is 15.2 Å². The number of nitrogens with one attached hydrogen (secondary N) is 1. The van der Waals surface area contributed by atoms with Crippen LogP contribution in [0, 0.1) is 5.92 Å². The summed E-state index contributed by atoms with van der Waals surface area (Å²) in [6.45, 7) is 8.33. The lowest BCUT2D eigenvalue weighted by molar-refractivity contribution is 0.0511. The summed E-state index contributed by atoms with van der Waals surface area (Å²) in [5.41, 5.74) is -0.474. The molecule has 4 nitrogen and oxygen atoms in total. The van der Waals surface area contributed by atoms with Crippen molar-refractivity contribution in [1.82, 2.24) is 5.32 Å². The van der Waals surface area contributed by atoms with Gasteiger partial charge in [0.25, 0.3) is 0 Å². The Bertz CT molecular complexity index is 249. The number of hydrogen-bond acceptors (Lipinski definition) is 3. The van der Waals surface area contributed by atoms with Gasteiger partial charge in [-0.1, -0.05) is 45.4 Å². The summed E-state index contributed by atoms with van der Waals surface area (Å²) in [6.07, 6.45) is 8.02. The predicted molar refractivity (Wildman–Crippen MR) is 82.8 cm³/mol. The molecule has 0 unspecified atom stereocenters. The van der Waals surface area contributed by atoms with Crippen LogP contribution in [0.3, 0.4) is 0 Å². The largest absolute Gasteiger partial charge is 0.444 e. The minimum Gasteiger partial charge on any atom is -0.444 e. The molecule has 0 aliphatic carbocycles. The number of hydrogen-bond donors (Lipinski definition) is 2. The highest BCUT2D eigenvalue weighted by Gasteiger charge is 2.17. The number of aliphatic hydroxyl groups excluding tert-OH is 1. The van der Waals surface area contributed by atoms with E-state index in [4.69, 9.17) is 4.74 Å². The molecule has 0 heterocycles. The Kier molecular flexibility index (Phi) is 10.5. The molecule has 4 heteroatoms. The summed E-state index contributed by atoms with van der Waals surface area (Å²) in [7, 11) is 0. The highest BCUT2D eigenvalue weighted by molar-refractivity contribution is 5.67. The van der Waals surface area contributed by atoms with E-state index in [1.165, 1.54) is 32.1 Å². The second-order valence-corrected chi connectivity index (χ2v) is 6.49. The van der Waals surface area contributed by atoms with Crippen LogP contribution in [0.25, 0.3) is 0 Å². The second-order valence-electron chi connectivity index (χ2n) is 6.49. The normalized spacial score (nSPS) is 13.1. The zero-order valence-electron chi connectivity index (χ0n) is 13.7. The third-order valence-corrected chi connectivity index (χ3v) is 3.16. The average Bonchev–Trinajstić information content (AvgIpc) is 2.35. The number of alkyl carbamates (subject to hydrolysis) is 1. The zero-order valence-corrected chi connectivity index (χ0v) is 13.7. The van der Waals surface area contributed by atoms with Crippen LogP contribution >= 0.6 is 0 Å². The molecule has 20 heavy (non-hydrogen) atoms. The number of carbonyl (C=O) groups excluding carboxylic acids is 1. The molecule has 0 aliphatic rings. The number of amides is 1. The molecule has 2 N–H and O–H groups in total. The van der Waals surface area contributed by atoms with Crippen molar-refractivity contribution in [2.75, 3.05) is 13.2 Å². The van der Waals surface area contributed by atoms with Gasteiger partial charge in [0.2, 0.25) is 0 Å². The maximum atomic E-state index is 11.5. The summed E-state index contributed by atoms with van der Waals surface area (Å²) in [5, 5.41) is 12.1. The van der Waals surface area contributed by atoms with Crippen molar-refractivity contribution in [3.63, 3.8) is 0 Å². The summed E-state index contributed by atoms with van der Waals surface area (Å²) < 4.78 is 5.17. The minimum atomic E-state index is -0.474. The topological polar surface area (TPSA) is 58.6 Å². The van der Waals surface area contributed by atoms with Crippen LogP contribution in [0.5, 0.6) is 0 Å². The van der Waals surface area contributed by atoms with Gasteiger partial charge in [-0.05, 0) is 33.1 Å². The van der Waals surface area contributed by atoms with E-state index in [1.54, 1.807) is 0 Å². The Morgan fingerprint density at radius 2 is 1.75 bits per heavy atom. The van der Waals surface area contributed by atoms with Gasteiger partial charge in [-0.25, -0.2) is 4.79 Å². The first-order valence-corrected chi connectivity index (χ1v) is 7.96. The highest BCUT2D eigenvalue weighted by atomic mass is 16.6. The van der Waals surface area contributed by atoms with E-state index in [2.05, 4.69) is 12.2 Å². The lowest BCUT2D eigenvalue weighted by atomic mass is 10.0. The van der Waals surface area contributed by atoms with E-state index in [-0.39, 0.29) is 12.5 Å². The van der Waals surface area contributed by atoms with E-state index in [0.717, 1.165) is 12.8 Å². The Labute approximate surface area is 124 Å². The maximum absolute atomic E-state index is 11.5. The minimum absolute atomic E-state index is 0.116. The van der Waals surface area contributed by atoms with E-state index >= 15 is 0 Å². The number of unbranched alkanes of at least 4 members (excludes halogenated alkanes) is 5.